The zero-order valence-electron chi connectivity index (χ0n) is 11.5. The Labute approximate surface area is 140 Å². The summed E-state index contributed by atoms with van der Waals surface area (Å²) in [5.41, 5.74) is 2.97. The van der Waals surface area contributed by atoms with E-state index >= 15 is 0 Å². The third-order valence-electron chi connectivity index (χ3n) is 3.71. The predicted octanol–water partition coefficient (Wildman–Crippen LogP) is 5.75. The molecule has 0 aliphatic rings. The molecule has 1 atom stereocenters. The van der Waals surface area contributed by atoms with E-state index in [0.717, 1.165) is 36.4 Å². The van der Waals surface area contributed by atoms with Crippen molar-refractivity contribution in [1.29, 1.82) is 0 Å². The molecule has 3 heteroatoms. The number of fused-ring (bicyclic) bond motifs is 1. The Morgan fingerprint density at radius 2 is 1.57 bits per heavy atom. The first kappa shape index (κ1) is 14.8. The molecule has 21 heavy (non-hydrogen) atoms. The largest absolute Gasteiger partial charge is 0.384 e. The highest BCUT2D eigenvalue weighted by molar-refractivity contribution is 9.11. The number of hydrogen-bond acceptors (Lipinski definition) is 1. The average molecular weight is 406 g/mol. The second kappa shape index (κ2) is 5.91. The first-order valence-corrected chi connectivity index (χ1v) is 8.28. The fourth-order valence-electron chi connectivity index (χ4n) is 2.48. The van der Waals surface area contributed by atoms with Crippen molar-refractivity contribution in [2.75, 3.05) is 0 Å². The van der Waals surface area contributed by atoms with E-state index in [2.05, 4.69) is 37.9 Å². The summed E-state index contributed by atoms with van der Waals surface area (Å²) in [6.45, 7) is 2.04. The van der Waals surface area contributed by atoms with Crippen molar-refractivity contribution in [2.24, 2.45) is 0 Å². The van der Waals surface area contributed by atoms with Gasteiger partial charge < -0.3 is 5.11 Å². The van der Waals surface area contributed by atoms with Gasteiger partial charge in [-0.25, -0.2) is 0 Å². The van der Waals surface area contributed by atoms with Crippen molar-refractivity contribution in [1.82, 2.24) is 0 Å². The van der Waals surface area contributed by atoms with Crippen LogP contribution in [0.4, 0.5) is 0 Å². The number of rotatable bonds is 2. The lowest BCUT2D eigenvalue weighted by molar-refractivity contribution is 0.222. The first-order chi connectivity index (χ1) is 10.1. The van der Waals surface area contributed by atoms with Crippen molar-refractivity contribution in [2.45, 2.75) is 13.0 Å². The minimum Gasteiger partial charge on any atom is -0.384 e. The maximum absolute atomic E-state index is 10.8. The minimum absolute atomic E-state index is 0.639. The summed E-state index contributed by atoms with van der Waals surface area (Å²) < 4.78 is 2.06. The quantitative estimate of drug-likeness (QED) is 0.574. The molecule has 0 saturated carbocycles. The molecule has 106 valence electrons. The first-order valence-electron chi connectivity index (χ1n) is 6.69. The van der Waals surface area contributed by atoms with Crippen LogP contribution in [0.3, 0.4) is 0 Å². The van der Waals surface area contributed by atoms with Gasteiger partial charge in [0.1, 0.15) is 6.10 Å². The van der Waals surface area contributed by atoms with E-state index in [1.807, 2.05) is 55.5 Å². The molecule has 0 aromatic heterocycles. The molecule has 1 unspecified atom stereocenters. The van der Waals surface area contributed by atoms with Gasteiger partial charge >= 0.3 is 0 Å². The van der Waals surface area contributed by atoms with Crippen molar-refractivity contribution >= 4 is 42.6 Å². The third kappa shape index (κ3) is 2.78. The van der Waals surface area contributed by atoms with Gasteiger partial charge in [0.15, 0.2) is 0 Å². The normalized spacial score (nSPS) is 12.6. The van der Waals surface area contributed by atoms with Crippen LogP contribution in [0, 0.1) is 6.92 Å². The Morgan fingerprint density at radius 1 is 0.857 bits per heavy atom. The molecule has 0 aliphatic heterocycles. The van der Waals surface area contributed by atoms with Crippen LogP contribution in [-0.4, -0.2) is 5.11 Å². The van der Waals surface area contributed by atoms with E-state index in [4.69, 9.17) is 0 Å². The van der Waals surface area contributed by atoms with Gasteiger partial charge in [-0.05, 0) is 46.5 Å². The van der Waals surface area contributed by atoms with Crippen LogP contribution in [0.1, 0.15) is 22.8 Å². The van der Waals surface area contributed by atoms with Gasteiger partial charge in [-0.1, -0.05) is 74.3 Å². The maximum atomic E-state index is 10.8. The van der Waals surface area contributed by atoms with E-state index in [1.165, 1.54) is 0 Å². The summed E-state index contributed by atoms with van der Waals surface area (Å²) in [5, 5.41) is 12.9. The number of aliphatic hydroxyl groups excluding tert-OH is 1. The minimum atomic E-state index is -0.639. The van der Waals surface area contributed by atoms with Crippen LogP contribution in [0.15, 0.2) is 63.5 Å². The molecule has 0 fully saturated rings. The highest BCUT2D eigenvalue weighted by atomic mass is 79.9. The van der Waals surface area contributed by atoms with Crippen LogP contribution >= 0.6 is 31.9 Å². The van der Waals surface area contributed by atoms with Gasteiger partial charge in [-0.3, -0.25) is 0 Å². The zero-order valence-corrected chi connectivity index (χ0v) is 14.6. The number of benzene rings is 3. The van der Waals surface area contributed by atoms with Gasteiger partial charge in [0.05, 0.1) is 0 Å². The molecule has 0 saturated heterocycles. The molecule has 1 N–H and O–H groups in total. The standard InChI is InChI=1S/C18H14Br2O/c1-11-6-7-12(10-17(11)20)18(21)15-8-9-16(19)14-5-3-2-4-13(14)15/h2-10,18,21H,1H3. The van der Waals surface area contributed by atoms with Crippen molar-refractivity contribution in [3.8, 4) is 0 Å². The molecular weight excluding hydrogens is 392 g/mol. The van der Waals surface area contributed by atoms with Gasteiger partial charge in [0.2, 0.25) is 0 Å². The smallest absolute Gasteiger partial charge is 0.105 e. The molecule has 3 aromatic carbocycles. The van der Waals surface area contributed by atoms with Crippen LogP contribution in [0.5, 0.6) is 0 Å². The predicted molar refractivity (Wildman–Crippen MR) is 94.6 cm³/mol. The molecule has 0 spiro atoms. The van der Waals surface area contributed by atoms with Crippen LogP contribution in [0.2, 0.25) is 0 Å². The summed E-state index contributed by atoms with van der Waals surface area (Å²) in [4.78, 5) is 0. The fraction of sp³-hybridized carbons (Fsp3) is 0.111. The SMILES string of the molecule is Cc1ccc(C(O)c2ccc(Br)c3ccccc23)cc1Br. The van der Waals surface area contributed by atoms with E-state index in [0.29, 0.717) is 0 Å². The molecule has 0 heterocycles. The lowest BCUT2D eigenvalue weighted by Crippen LogP contribution is -2.01. The molecule has 0 aliphatic carbocycles. The highest BCUT2D eigenvalue weighted by Gasteiger charge is 2.15. The summed E-state index contributed by atoms with van der Waals surface area (Å²) >= 11 is 7.10. The second-order valence-corrected chi connectivity index (χ2v) is 6.80. The van der Waals surface area contributed by atoms with Crippen LogP contribution < -0.4 is 0 Å². The number of halogens is 2. The summed E-state index contributed by atoms with van der Waals surface area (Å²) in [7, 11) is 0. The summed E-state index contributed by atoms with van der Waals surface area (Å²) in [6, 6.07) is 18.0. The van der Waals surface area contributed by atoms with E-state index < -0.39 is 6.10 Å². The Kier molecular flexibility index (Phi) is 4.16. The summed E-state index contributed by atoms with van der Waals surface area (Å²) in [5.74, 6) is 0. The third-order valence-corrected chi connectivity index (χ3v) is 5.26. The monoisotopic (exact) mass is 404 g/mol. The molecule has 3 aromatic rings. The molecule has 0 amide bonds. The Balaban J connectivity index is 2.15. The Hall–Kier alpha value is -1.16. The highest BCUT2D eigenvalue weighted by Crippen LogP contribution is 2.34. The molecule has 0 bridgehead atoms. The average Bonchev–Trinajstić information content (AvgIpc) is 2.50. The molecule has 0 radical (unpaired) electrons. The van der Waals surface area contributed by atoms with Crippen molar-refractivity contribution in [3.05, 3.63) is 80.2 Å². The molecular formula is C18H14Br2O. The lowest BCUT2D eigenvalue weighted by atomic mass is 9.95. The number of hydrogen-bond donors (Lipinski definition) is 1. The van der Waals surface area contributed by atoms with Crippen LogP contribution in [0.25, 0.3) is 10.8 Å². The number of aryl methyl sites for hydroxylation is 1. The molecule has 3 rings (SSSR count). The summed E-state index contributed by atoms with van der Waals surface area (Å²) in [6.07, 6.45) is -0.639. The van der Waals surface area contributed by atoms with Gasteiger partial charge in [-0.2, -0.15) is 0 Å². The second-order valence-electron chi connectivity index (χ2n) is 5.09. The van der Waals surface area contributed by atoms with Crippen molar-refractivity contribution < 1.29 is 5.11 Å². The van der Waals surface area contributed by atoms with E-state index in [9.17, 15) is 5.11 Å². The van der Waals surface area contributed by atoms with Gasteiger partial charge in [-0.15, -0.1) is 0 Å². The van der Waals surface area contributed by atoms with E-state index in [1.54, 1.807) is 0 Å². The fourth-order valence-corrected chi connectivity index (χ4v) is 3.36. The van der Waals surface area contributed by atoms with Gasteiger partial charge in [0, 0.05) is 8.95 Å². The topological polar surface area (TPSA) is 20.2 Å². The lowest BCUT2D eigenvalue weighted by Gasteiger charge is -2.16. The van der Waals surface area contributed by atoms with E-state index in [-0.39, 0.29) is 0 Å². The Morgan fingerprint density at radius 3 is 2.29 bits per heavy atom. The van der Waals surface area contributed by atoms with Crippen molar-refractivity contribution in [3.63, 3.8) is 0 Å². The number of aliphatic hydroxyl groups is 1. The molecule has 1 nitrogen and oxygen atoms in total. The maximum Gasteiger partial charge on any atom is 0.105 e. The zero-order chi connectivity index (χ0) is 15.0. The van der Waals surface area contributed by atoms with Gasteiger partial charge in [0.25, 0.3) is 0 Å². The van der Waals surface area contributed by atoms with Crippen LogP contribution in [-0.2, 0) is 0 Å². The Bertz CT molecular complexity index is 811.